The fraction of sp³-hybridized carbons (Fsp3) is 0.889. The highest BCUT2D eigenvalue weighted by molar-refractivity contribution is 5.72. The summed E-state index contributed by atoms with van der Waals surface area (Å²) < 4.78 is 16.8. The molecule has 0 aliphatic heterocycles. The van der Waals surface area contributed by atoms with Crippen LogP contribution < -0.4 is 0 Å². The summed E-state index contributed by atoms with van der Waals surface area (Å²) in [7, 11) is 1.46. The van der Waals surface area contributed by atoms with Crippen molar-refractivity contribution >= 4 is 17.9 Å². The highest BCUT2D eigenvalue weighted by atomic mass is 16.5. The van der Waals surface area contributed by atoms with E-state index in [1.807, 2.05) is 6.92 Å². The van der Waals surface area contributed by atoms with Crippen LogP contribution in [0.5, 0.6) is 0 Å². The average Bonchev–Trinajstić information content (AvgIpc) is 3.11. The zero-order valence-corrected chi connectivity index (χ0v) is 21.2. The van der Waals surface area contributed by atoms with Gasteiger partial charge in [-0.3, -0.25) is 14.4 Å². The average molecular weight is 463 g/mol. The molecule has 0 aromatic rings. The lowest BCUT2D eigenvalue weighted by Gasteiger charge is -2.62. The van der Waals surface area contributed by atoms with Gasteiger partial charge in [0.1, 0.15) is 12.2 Å². The Balaban J connectivity index is 1.64. The number of methoxy groups -OCH3 is 1. The SMILES string of the molecule is COC(=O)C(C)C1CCC2C3CCC4C[C@H](OC(C)=O)CCC4(C)C3CC(OC(C)=O)C12C. The first kappa shape index (κ1) is 24.5. The molecule has 9 unspecified atom stereocenters. The molecule has 10 atom stereocenters. The lowest BCUT2D eigenvalue weighted by molar-refractivity contribution is -0.198. The second kappa shape index (κ2) is 8.88. The molecule has 0 N–H and O–H groups in total. The van der Waals surface area contributed by atoms with E-state index in [0.29, 0.717) is 23.7 Å². The van der Waals surface area contributed by atoms with E-state index in [4.69, 9.17) is 14.2 Å². The molecule has 0 bridgehead atoms. The molecule has 0 saturated heterocycles. The number of carbonyl (C=O) groups excluding carboxylic acids is 3. The summed E-state index contributed by atoms with van der Waals surface area (Å²) in [6.07, 6.45) is 8.03. The molecule has 4 aliphatic carbocycles. The van der Waals surface area contributed by atoms with Crippen LogP contribution >= 0.6 is 0 Å². The van der Waals surface area contributed by atoms with Crippen LogP contribution in [-0.4, -0.2) is 37.2 Å². The minimum Gasteiger partial charge on any atom is -0.469 e. The van der Waals surface area contributed by atoms with Crippen molar-refractivity contribution < 1.29 is 28.6 Å². The molecule has 4 fully saturated rings. The minimum atomic E-state index is -0.231. The third-order valence-electron chi connectivity index (χ3n) is 10.6. The van der Waals surface area contributed by atoms with Crippen LogP contribution in [0.3, 0.4) is 0 Å². The first-order valence-electron chi connectivity index (χ1n) is 12.9. The minimum absolute atomic E-state index is 0.0343. The van der Waals surface area contributed by atoms with Crippen molar-refractivity contribution in [3.63, 3.8) is 0 Å². The molecule has 0 aromatic carbocycles. The molecular formula is C27H42O6. The van der Waals surface area contributed by atoms with Crippen LogP contribution in [0, 0.1) is 46.3 Å². The maximum Gasteiger partial charge on any atom is 0.308 e. The Morgan fingerprint density at radius 1 is 0.879 bits per heavy atom. The van der Waals surface area contributed by atoms with Gasteiger partial charge in [0.15, 0.2) is 0 Å². The smallest absolute Gasteiger partial charge is 0.308 e. The van der Waals surface area contributed by atoms with Gasteiger partial charge < -0.3 is 14.2 Å². The topological polar surface area (TPSA) is 78.9 Å². The Hall–Kier alpha value is -1.59. The lowest BCUT2D eigenvalue weighted by Crippen LogP contribution is -2.60. The van der Waals surface area contributed by atoms with Crippen LogP contribution in [0.2, 0.25) is 0 Å². The maximum atomic E-state index is 12.5. The third-order valence-corrected chi connectivity index (χ3v) is 10.6. The highest BCUT2D eigenvalue weighted by Gasteiger charge is 2.65. The second-order valence-electron chi connectivity index (χ2n) is 11.9. The number of rotatable bonds is 4. The van der Waals surface area contributed by atoms with Crippen molar-refractivity contribution in [3.8, 4) is 0 Å². The van der Waals surface area contributed by atoms with Gasteiger partial charge in [-0.1, -0.05) is 20.8 Å². The zero-order chi connectivity index (χ0) is 24.1. The van der Waals surface area contributed by atoms with E-state index >= 15 is 0 Å². The Morgan fingerprint density at radius 2 is 1.58 bits per heavy atom. The molecule has 0 radical (unpaired) electrons. The third kappa shape index (κ3) is 3.99. The number of esters is 3. The van der Waals surface area contributed by atoms with Crippen molar-refractivity contribution in [2.75, 3.05) is 7.11 Å². The van der Waals surface area contributed by atoms with Crippen molar-refractivity contribution in [3.05, 3.63) is 0 Å². The molecule has 4 saturated carbocycles. The molecule has 0 spiro atoms. The van der Waals surface area contributed by atoms with Crippen LogP contribution in [0.1, 0.15) is 86.0 Å². The number of ether oxygens (including phenoxy) is 3. The fourth-order valence-electron chi connectivity index (χ4n) is 9.08. The van der Waals surface area contributed by atoms with Gasteiger partial charge in [0.05, 0.1) is 13.0 Å². The first-order chi connectivity index (χ1) is 15.5. The van der Waals surface area contributed by atoms with Gasteiger partial charge in [-0.05, 0) is 86.4 Å². The van der Waals surface area contributed by atoms with E-state index in [9.17, 15) is 14.4 Å². The molecule has 6 nitrogen and oxygen atoms in total. The summed E-state index contributed by atoms with van der Waals surface area (Å²) in [5, 5.41) is 0. The summed E-state index contributed by atoms with van der Waals surface area (Å²) in [5.41, 5.74) is -0.0378. The molecule has 4 rings (SSSR count). The molecule has 0 aromatic heterocycles. The molecule has 6 heteroatoms. The summed E-state index contributed by atoms with van der Waals surface area (Å²) in [4.78, 5) is 36.3. The van der Waals surface area contributed by atoms with Crippen molar-refractivity contribution in [2.45, 2.75) is 98.2 Å². The van der Waals surface area contributed by atoms with Crippen LogP contribution in [0.15, 0.2) is 0 Å². The lowest BCUT2D eigenvalue weighted by atomic mass is 9.43. The van der Waals surface area contributed by atoms with E-state index in [1.165, 1.54) is 27.4 Å². The Bertz CT molecular complexity index is 793. The fourth-order valence-corrected chi connectivity index (χ4v) is 9.08. The van der Waals surface area contributed by atoms with Crippen LogP contribution in [0.4, 0.5) is 0 Å². The van der Waals surface area contributed by atoms with Gasteiger partial charge in [0.25, 0.3) is 0 Å². The Kier molecular flexibility index (Phi) is 6.60. The Labute approximate surface area is 198 Å². The molecule has 0 amide bonds. The predicted molar refractivity (Wildman–Crippen MR) is 123 cm³/mol. The van der Waals surface area contributed by atoms with Gasteiger partial charge in [-0.2, -0.15) is 0 Å². The quantitative estimate of drug-likeness (QED) is 0.435. The Morgan fingerprint density at radius 3 is 2.21 bits per heavy atom. The molecule has 4 aliphatic rings. The number of carbonyl (C=O) groups is 3. The normalized spacial score (nSPS) is 45.1. The van der Waals surface area contributed by atoms with E-state index < -0.39 is 0 Å². The molecular weight excluding hydrogens is 420 g/mol. The van der Waals surface area contributed by atoms with Crippen LogP contribution in [-0.2, 0) is 28.6 Å². The van der Waals surface area contributed by atoms with E-state index in [-0.39, 0.29) is 52.8 Å². The van der Waals surface area contributed by atoms with E-state index in [2.05, 4.69) is 13.8 Å². The second-order valence-corrected chi connectivity index (χ2v) is 11.9. The monoisotopic (exact) mass is 462 g/mol. The summed E-state index contributed by atoms with van der Waals surface area (Å²) >= 11 is 0. The maximum absolute atomic E-state index is 12.5. The van der Waals surface area contributed by atoms with E-state index in [1.54, 1.807) is 0 Å². The molecule has 0 heterocycles. The first-order valence-corrected chi connectivity index (χ1v) is 12.9. The van der Waals surface area contributed by atoms with Crippen LogP contribution in [0.25, 0.3) is 0 Å². The zero-order valence-electron chi connectivity index (χ0n) is 21.2. The summed E-state index contributed by atoms with van der Waals surface area (Å²) in [5.74, 6) is 1.43. The van der Waals surface area contributed by atoms with Gasteiger partial charge in [-0.15, -0.1) is 0 Å². The summed E-state index contributed by atoms with van der Waals surface area (Å²) in [6.45, 7) is 9.71. The highest BCUT2D eigenvalue weighted by Crippen LogP contribution is 2.68. The van der Waals surface area contributed by atoms with Crippen molar-refractivity contribution in [1.29, 1.82) is 0 Å². The van der Waals surface area contributed by atoms with Gasteiger partial charge >= 0.3 is 17.9 Å². The van der Waals surface area contributed by atoms with Gasteiger partial charge in [0.2, 0.25) is 0 Å². The largest absolute Gasteiger partial charge is 0.469 e. The van der Waals surface area contributed by atoms with Crippen molar-refractivity contribution in [1.82, 2.24) is 0 Å². The standard InChI is InChI=1S/C27H42O6/c1-15(25(30)31-6)21-9-10-22-20-8-7-18-13-19(32-16(2)28)11-12-26(18,4)23(20)14-24(27(21,22)5)33-17(3)29/h15,18-24H,7-14H2,1-6H3/t15?,18?,19-,20?,21?,22?,23?,24?,26?,27?/m1/s1. The number of fused-ring (bicyclic) bond motifs is 5. The number of hydrogen-bond donors (Lipinski definition) is 0. The van der Waals surface area contributed by atoms with Gasteiger partial charge in [-0.25, -0.2) is 0 Å². The number of hydrogen-bond acceptors (Lipinski definition) is 6. The van der Waals surface area contributed by atoms with E-state index in [0.717, 1.165) is 44.9 Å². The predicted octanol–water partition coefficient (Wildman–Crippen LogP) is 4.93. The van der Waals surface area contributed by atoms with Gasteiger partial charge in [0, 0.05) is 19.3 Å². The molecule has 33 heavy (non-hydrogen) atoms. The molecule has 186 valence electrons. The van der Waals surface area contributed by atoms with Crippen molar-refractivity contribution in [2.24, 2.45) is 46.3 Å². The summed E-state index contributed by atoms with van der Waals surface area (Å²) in [6, 6.07) is 0.